The quantitative estimate of drug-likeness (QED) is 0.511. The molecule has 0 spiro atoms. The van der Waals surface area contributed by atoms with Gasteiger partial charge >= 0.3 is 0 Å². The molecule has 1 heterocycles. The van der Waals surface area contributed by atoms with E-state index in [1.54, 1.807) is 23.1 Å². The van der Waals surface area contributed by atoms with Gasteiger partial charge in [0.05, 0.1) is 11.6 Å². The normalized spacial score (nSPS) is 11.9. The summed E-state index contributed by atoms with van der Waals surface area (Å²) in [5.41, 5.74) is 1.70. The predicted molar refractivity (Wildman–Crippen MR) is 108 cm³/mol. The standard InChI is InChI=1S/C20H18ClNOS2/c1-14(15-6-4-7-16(21)12-15)22-20(23)18-9-2-3-10-19(18)25-13-17-8-5-11-24-17/h2-12,14H,13H2,1H3,(H,22,23). The lowest BCUT2D eigenvalue weighted by Gasteiger charge is -2.16. The van der Waals surface area contributed by atoms with Crippen molar-refractivity contribution in [1.82, 2.24) is 5.32 Å². The van der Waals surface area contributed by atoms with E-state index < -0.39 is 0 Å². The first-order valence-corrected chi connectivity index (χ1v) is 10.2. The van der Waals surface area contributed by atoms with Crippen LogP contribution in [0.3, 0.4) is 0 Å². The van der Waals surface area contributed by atoms with Gasteiger partial charge in [0.15, 0.2) is 0 Å². The Morgan fingerprint density at radius 3 is 2.76 bits per heavy atom. The Bertz CT molecular complexity index is 848. The van der Waals surface area contributed by atoms with E-state index >= 15 is 0 Å². The number of thiophene rings is 1. The van der Waals surface area contributed by atoms with Gasteiger partial charge in [-0.2, -0.15) is 0 Å². The minimum Gasteiger partial charge on any atom is -0.345 e. The summed E-state index contributed by atoms with van der Waals surface area (Å²) in [6, 6.07) is 19.4. The number of rotatable bonds is 6. The first kappa shape index (κ1) is 18.1. The molecule has 0 aliphatic carbocycles. The molecule has 1 amide bonds. The third-order valence-electron chi connectivity index (χ3n) is 3.78. The minimum absolute atomic E-state index is 0.0678. The monoisotopic (exact) mass is 387 g/mol. The molecule has 0 aliphatic rings. The molecule has 1 aromatic heterocycles. The molecule has 1 unspecified atom stereocenters. The molecule has 0 saturated heterocycles. The van der Waals surface area contributed by atoms with Crippen molar-refractivity contribution in [3.05, 3.63) is 87.1 Å². The van der Waals surface area contributed by atoms with E-state index in [1.807, 2.05) is 61.5 Å². The zero-order valence-corrected chi connectivity index (χ0v) is 16.1. The number of nitrogens with one attached hydrogen (secondary N) is 1. The third-order valence-corrected chi connectivity index (χ3v) is 6.19. The van der Waals surface area contributed by atoms with Crippen LogP contribution in [-0.2, 0) is 5.75 Å². The summed E-state index contributed by atoms with van der Waals surface area (Å²) in [7, 11) is 0. The lowest BCUT2D eigenvalue weighted by atomic mass is 10.1. The van der Waals surface area contributed by atoms with E-state index in [1.165, 1.54) is 4.88 Å². The highest BCUT2D eigenvalue weighted by Crippen LogP contribution is 2.28. The fraction of sp³-hybridized carbons (Fsp3) is 0.150. The van der Waals surface area contributed by atoms with E-state index in [4.69, 9.17) is 11.6 Å². The highest BCUT2D eigenvalue weighted by atomic mass is 35.5. The van der Waals surface area contributed by atoms with Crippen molar-refractivity contribution in [2.45, 2.75) is 23.6 Å². The van der Waals surface area contributed by atoms with Crippen LogP contribution in [-0.4, -0.2) is 5.91 Å². The second-order valence-corrected chi connectivity index (χ2v) is 8.10. The summed E-state index contributed by atoms with van der Waals surface area (Å²) in [4.78, 5) is 15.0. The van der Waals surface area contributed by atoms with Gasteiger partial charge in [-0.1, -0.05) is 41.9 Å². The number of hydrogen-bond donors (Lipinski definition) is 1. The molecular formula is C20H18ClNOS2. The predicted octanol–water partition coefficient (Wildman–Crippen LogP) is 6.18. The topological polar surface area (TPSA) is 29.1 Å². The highest BCUT2D eigenvalue weighted by Gasteiger charge is 2.15. The molecule has 25 heavy (non-hydrogen) atoms. The Hall–Kier alpha value is -1.75. The molecule has 3 aromatic rings. The van der Waals surface area contributed by atoms with Gasteiger partial charge in [0.1, 0.15) is 0 Å². The molecule has 0 radical (unpaired) electrons. The molecule has 2 aromatic carbocycles. The molecule has 0 bridgehead atoms. The molecule has 3 rings (SSSR count). The molecular weight excluding hydrogens is 370 g/mol. The maximum atomic E-state index is 12.7. The fourth-order valence-electron chi connectivity index (χ4n) is 2.46. The van der Waals surface area contributed by atoms with Crippen molar-refractivity contribution in [2.75, 3.05) is 0 Å². The maximum Gasteiger partial charge on any atom is 0.252 e. The van der Waals surface area contributed by atoms with Crippen molar-refractivity contribution in [1.29, 1.82) is 0 Å². The van der Waals surface area contributed by atoms with Gasteiger partial charge in [-0.3, -0.25) is 4.79 Å². The van der Waals surface area contributed by atoms with Gasteiger partial charge < -0.3 is 5.32 Å². The molecule has 1 atom stereocenters. The van der Waals surface area contributed by atoms with Crippen LogP contribution in [0.5, 0.6) is 0 Å². The van der Waals surface area contributed by atoms with Gasteiger partial charge in [-0.25, -0.2) is 0 Å². The van der Waals surface area contributed by atoms with Gasteiger partial charge in [-0.15, -0.1) is 23.1 Å². The fourth-order valence-corrected chi connectivity index (χ4v) is 4.48. The molecule has 5 heteroatoms. The van der Waals surface area contributed by atoms with Crippen LogP contribution < -0.4 is 5.32 Å². The van der Waals surface area contributed by atoms with E-state index in [0.717, 1.165) is 16.2 Å². The second kappa shape index (κ2) is 8.56. The lowest BCUT2D eigenvalue weighted by Crippen LogP contribution is -2.27. The van der Waals surface area contributed by atoms with E-state index in [-0.39, 0.29) is 11.9 Å². The number of amides is 1. The van der Waals surface area contributed by atoms with Gasteiger partial charge in [0.2, 0.25) is 0 Å². The summed E-state index contributed by atoms with van der Waals surface area (Å²) >= 11 is 9.46. The van der Waals surface area contributed by atoms with Crippen molar-refractivity contribution < 1.29 is 4.79 Å². The number of hydrogen-bond acceptors (Lipinski definition) is 3. The van der Waals surface area contributed by atoms with Crippen molar-refractivity contribution >= 4 is 40.6 Å². The average Bonchev–Trinajstić information content (AvgIpc) is 3.13. The Morgan fingerprint density at radius 1 is 1.16 bits per heavy atom. The molecule has 0 saturated carbocycles. The third kappa shape index (κ3) is 4.88. The van der Waals surface area contributed by atoms with Crippen LogP contribution in [0.15, 0.2) is 70.9 Å². The Morgan fingerprint density at radius 2 is 2.00 bits per heavy atom. The molecule has 0 aliphatic heterocycles. The minimum atomic E-state index is -0.110. The zero-order chi connectivity index (χ0) is 17.6. The zero-order valence-electron chi connectivity index (χ0n) is 13.7. The number of halogens is 1. The Balaban J connectivity index is 1.71. The van der Waals surface area contributed by atoms with Crippen molar-refractivity contribution in [3.63, 3.8) is 0 Å². The number of carbonyl (C=O) groups is 1. The molecule has 1 N–H and O–H groups in total. The van der Waals surface area contributed by atoms with Crippen molar-refractivity contribution in [2.24, 2.45) is 0 Å². The second-order valence-electron chi connectivity index (χ2n) is 5.61. The summed E-state index contributed by atoms with van der Waals surface area (Å²) < 4.78 is 0. The molecule has 128 valence electrons. The smallest absolute Gasteiger partial charge is 0.252 e. The first-order chi connectivity index (χ1) is 12.1. The van der Waals surface area contributed by atoms with Crippen molar-refractivity contribution in [3.8, 4) is 0 Å². The number of benzene rings is 2. The summed E-state index contributed by atoms with van der Waals surface area (Å²) in [6.45, 7) is 1.96. The highest BCUT2D eigenvalue weighted by molar-refractivity contribution is 7.98. The van der Waals surface area contributed by atoms with E-state index in [0.29, 0.717) is 10.6 Å². The molecule has 0 fully saturated rings. The van der Waals surface area contributed by atoms with Crippen LogP contribution in [0.4, 0.5) is 0 Å². The van der Waals surface area contributed by atoms with Crippen LogP contribution in [0.2, 0.25) is 5.02 Å². The summed E-state index contributed by atoms with van der Waals surface area (Å²) in [5, 5.41) is 5.81. The van der Waals surface area contributed by atoms with E-state index in [9.17, 15) is 4.79 Å². The maximum absolute atomic E-state index is 12.7. The van der Waals surface area contributed by atoms with E-state index in [2.05, 4.69) is 16.8 Å². The number of carbonyl (C=O) groups excluding carboxylic acids is 1. The Kier molecular flexibility index (Phi) is 6.19. The Labute approximate surface area is 161 Å². The van der Waals surface area contributed by atoms with Gasteiger partial charge in [0.25, 0.3) is 5.91 Å². The first-order valence-electron chi connectivity index (χ1n) is 7.94. The van der Waals surface area contributed by atoms with Gasteiger partial charge in [0, 0.05) is 20.5 Å². The average molecular weight is 388 g/mol. The van der Waals surface area contributed by atoms with Crippen LogP contribution in [0.1, 0.15) is 33.8 Å². The molecule has 2 nitrogen and oxygen atoms in total. The summed E-state index contributed by atoms with van der Waals surface area (Å²) in [6.07, 6.45) is 0. The SMILES string of the molecule is CC(NC(=O)c1ccccc1SCc1cccs1)c1cccc(Cl)c1. The van der Waals surface area contributed by atoms with Crippen LogP contribution >= 0.6 is 34.7 Å². The van der Waals surface area contributed by atoms with Crippen LogP contribution in [0.25, 0.3) is 0 Å². The summed E-state index contributed by atoms with van der Waals surface area (Å²) in [5.74, 6) is 0.799. The van der Waals surface area contributed by atoms with Crippen LogP contribution in [0, 0.1) is 0 Å². The largest absolute Gasteiger partial charge is 0.345 e. The lowest BCUT2D eigenvalue weighted by molar-refractivity contribution is 0.0937. The van der Waals surface area contributed by atoms with Gasteiger partial charge in [-0.05, 0) is 48.2 Å². The number of thioether (sulfide) groups is 1.